The van der Waals surface area contributed by atoms with Crippen LogP contribution in [0.4, 0.5) is 5.82 Å². The lowest BCUT2D eigenvalue weighted by atomic mass is 10.1. The number of carboxylic acid groups (broad SMARTS) is 1. The Balaban J connectivity index is 0.00000320. The first-order chi connectivity index (χ1) is 13.8. The Kier molecular flexibility index (Phi) is 8.42. The second-order valence-corrected chi connectivity index (χ2v) is 8.95. The van der Waals surface area contributed by atoms with Gasteiger partial charge in [0, 0.05) is 17.3 Å². The molecule has 13 heteroatoms. The fourth-order valence-electron chi connectivity index (χ4n) is 3.13. The van der Waals surface area contributed by atoms with Crippen LogP contribution < -0.4 is 28.4 Å². The number of carboxylic acids is 1. The van der Waals surface area contributed by atoms with Gasteiger partial charge in [-0.3, -0.25) is 9.36 Å². The number of hydrogen-bond acceptors (Lipinski definition) is 9. The highest BCUT2D eigenvalue weighted by Gasteiger charge is 2.47. The average molecular weight is 503 g/mol. The molecule has 11 nitrogen and oxygen atoms in total. The van der Waals surface area contributed by atoms with Crippen LogP contribution in [0.5, 0.6) is 0 Å². The molecule has 1 fully saturated rings. The summed E-state index contributed by atoms with van der Waals surface area (Å²) in [5.74, 6) is 2.95. The van der Waals surface area contributed by atoms with Crippen molar-refractivity contribution in [2.75, 3.05) is 23.0 Å². The molecule has 30 heavy (non-hydrogen) atoms. The third kappa shape index (κ3) is 5.02. The molecule has 1 aliphatic heterocycles. The Morgan fingerprint density at radius 1 is 1.37 bits per heavy atom. The number of fused-ring (bicyclic) bond motifs is 1. The zero-order valence-corrected chi connectivity index (χ0v) is 18.2. The van der Waals surface area contributed by atoms with Gasteiger partial charge in [-0.05, 0) is 0 Å². The van der Waals surface area contributed by atoms with Crippen LogP contribution in [0.3, 0.4) is 0 Å². The number of aliphatic hydroxyl groups is 2. The van der Waals surface area contributed by atoms with E-state index in [1.807, 2.05) is 0 Å². The quantitative estimate of drug-likeness (QED) is 0.173. The minimum absolute atomic E-state index is 0. The van der Waals surface area contributed by atoms with E-state index in [-0.39, 0.29) is 29.2 Å². The van der Waals surface area contributed by atoms with Gasteiger partial charge < -0.3 is 48.5 Å². The standard InChI is InChI=1S/C17H22N6O5S.BrH/c1-2-4-29(5-3-9(18)17(26)27)6-10-12(24)13(25)16(28-10)23-8-22-11-14(19)20-7-21-15(11)23;/h1,7-10,12-13,16,24-25H,3-6,18H2,(H2-,19,20,21,26,27);1H/t9-,10+,12+,13+,16+,29?;/m0./s1. The molecule has 1 saturated heterocycles. The number of aliphatic carboxylic acids is 1. The summed E-state index contributed by atoms with van der Waals surface area (Å²) in [7, 11) is -0.426. The molecule has 1 unspecified atom stereocenters. The molecule has 6 atom stereocenters. The van der Waals surface area contributed by atoms with Crippen molar-refractivity contribution >= 4 is 33.8 Å². The van der Waals surface area contributed by atoms with Crippen molar-refractivity contribution < 1.29 is 41.8 Å². The molecule has 2 aromatic heterocycles. The van der Waals surface area contributed by atoms with Crippen molar-refractivity contribution in [2.45, 2.75) is 37.0 Å². The van der Waals surface area contributed by atoms with Gasteiger partial charge in [-0.15, -0.1) is 6.42 Å². The molecule has 0 saturated carbocycles. The van der Waals surface area contributed by atoms with E-state index in [0.29, 0.717) is 28.4 Å². The Morgan fingerprint density at radius 3 is 2.77 bits per heavy atom. The van der Waals surface area contributed by atoms with Gasteiger partial charge in [0.05, 0.1) is 6.33 Å². The number of imidazole rings is 1. The highest BCUT2D eigenvalue weighted by molar-refractivity contribution is 7.97. The van der Waals surface area contributed by atoms with Crippen molar-refractivity contribution in [2.24, 2.45) is 5.73 Å². The SMILES string of the molecule is C#CC[S+](CC[C@H](N)C(=O)O)C[C@H]1O[C@@H](n2cnc3c(N)ncnc32)[C@H](O)[C@@H]1O.[Br-]. The molecule has 3 heterocycles. The molecule has 3 rings (SSSR count). The number of aliphatic hydroxyl groups excluding tert-OH is 2. The first-order valence-electron chi connectivity index (χ1n) is 8.84. The zero-order chi connectivity index (χ0) is 21.1. The first kappa shape index (κ1) is 24.3. The number of anilines is 1. The molecule has 0 radical (unpaired) electrons. The number of hydrogen-bond donors (Lipinski definition) is 5. The molecule has 0 aliphatic carbocycles. The number of rotatable bonds is 8. The van der Waals surface area contributed by atoms with E-state index in [9.17, 15) is 15.0 Å². The van der Waals surface area contributed by atoms with E-state index < -0.39 is 47.4 Å². The van der Waals surface area contributed by atoms with Gasteiger partial charge in [-0.2, -0.15) is 0 Å². The molecule has 0 spiro atoms. The largest absolute Gasteiger partial charge is 1.00 e. The first-order valence-corrected chi connectivity index (χ1v) is 10.6. The monoisotopic (exact) mass is 502 g/mol. The Hall–Kier alpha value is -1.95. The highest BCUT2D eigenvalue weighted by atomic mass is 79.9. The number of carbonyl (C=O) groups is 1. The normalized spacial score (nSPS) is 25.4. The lowest BCUT2D eigenvalue weighted by molar-refractivity contribution is -0.138. The number of nitrogens with two attached hydrogens (primary N) is 2. The van der Waals surface area contributed by atoms with Crippen LogP contribution in [0.1, 0.15) is 12.6 Å². The maximum Gasteiger partial charge on any atom is 0.320 e. The smallest absolute Gasteiger partial charge is 0.320 e. The summed E-state index contributed by atoms with van der Waals surface area (Å²) in [6.45, 7) is 0. The number of aromatic nitrogens is 4. The summed E-state index contributed by atoms with van der Waals surface area (Å²) in [5.41, 5.74) is 12.1. The van der Waals surface area contributed by atoms with E-state index in [1.54, 1.807) is 0 Å². The molecule has 0 aromatic carbocycles. The van der Waals surface area contributed by atoms with Crippen LogP contribution in [-0.2, 0) is 20.4 Å². The molecule has 164 valence electrons. The van der Waals surface area contributed by atoms with Gasteiger partial charge in [0.15, 0.2) is 23.4 Å². The van der Waals surface area contributed by atoms with E-state index in [0.717, 1.165) is 0 Å². The lowest BCUT2D eigenvalue weighted by Gasteiger charge is -2.16. The molecular weight excluding hydrogens is 480 g/mol. The summed E-state index contributed by atoms with van der Waals surface area (Å²) in [4.78, 5) is 23.1. The number of nitrogens with zero attached hydrogens (tertiary/aromatic N) is 4. The Bertz CT molecular complexity index is 924. The fraction of sp³-hybridized carbons (Fsp3) is 0.529. The topological polar surface area (TPSA) is 183 Å². The third-order valence-electron chi connectivity index (χ3n) is 4.72. The number of nitrogen functional groups attached to an aromatic ring is 1. The van der Waals surface area contributed by atoms with Crippen molar-refractivity contribution in [1.82, 2.24) is 19.5 Å². The highest BCUT2D eigenvalue weighted by Crippen LogP contribution is 2.32. The van der Waals surface area contributed by atoms with Crippen LogP contribution in [0.25, 0.3) is 11.2 Å². The minimum Gasteiger partial charge on any atom is -1.00 e. The second kappa shape index (κ2) is 10.4. The van der Waals surface area contributed by atoms with Crippen molar-refractivity contribution in [3.05, 3.63) is 12.7 Å². The van der Waals surface area contributed by atoms with Gasteiger partial charge in [0.25, 0.3) is 0 Å². The molecule has 0 amide bonds. The summed E-state index contributed by atoms with van der Waals surface area (Å²) in [6, 6.07) is -0.974. The van der Waals surface area contributed by atoms with Crippen LogP contribution in [0, 0.1) is 12.3 Å². The van der Waals surface area contributed by atoms with Crippen LogP contribution in [0.2, 0.25) is 0 Å². The molecule has 1 aliphatic rings. The minimum atomic E-state index is -1.22. The van der Waals surface area contributed by atoms with Crippen LogP contribution in [-0.4, -0.2) is 82.4 Å². The number of halogens is 1. The maximum absolute atomic E-state index is 10.9. The summed E-state index contributed by atoms with van der Waals surface area (Å²) >= 11 is 0. The number of terminal acetylenes is 1. The van der Waals surface area contributed by atoms with Crippen LogP contribution in [0.15, 0.2) is 12.7 Å². The van der Waals surface area contributed by atoms with Crippen LogP contribution >= 0.6 is 0 Å². The van der Waals surface area contributed by atoms with Gasteiger partial charge in [0.2, 0.25) is 0 Å². The van der Waals surface area contributed by atoms with Crippen molar-refractivity contribution in [3.63, 3.8) is 0 Å². The molecule has 7 N–H and O–H groups in total. The van der Waals surface area contributed by atoms with Crippen molar-refractivity contribution in [3.8, 4) is 12.3 Å². The Morgan fingerprint density at radius 2 is 2.10 bits per heavy atom. The van der Waals surface area contributed by atoms with Crippen molar-refractivity contribution in [1.29, 1.82) is 0 Å². The fourth-order valence-corrected chi connectivity index (χ4v) is 5.13. The van der Waals surface area contributed by atoms with Gasteiger partial charge in [-0.25, -0.2) is 15.0 Å². The predicted molar refractivity (Wildman–Crippen MR) is 107 cm³/mol. The number of ether oxygens (including phenoxy) is 1. The predicted octanol–water partition coefficient (Wildman–Crippen LogP) is -4.91. The summed E-state index contributed by atoms with van der Waals surface area (Å²) in [5, 5.41) is 30.0. The molecule has 2 aromatic rings. The zero-order valence-electron chi connectivity index (χ0n) is 15.8. The van der Waals surface area contributed by atoms with E-state index in [2.05, 4.69) is 20.9 Å². The maximum atomic E-state index is 10.9. The lowest BCUT2D eigenvalue weighted by Crippen LogP contribution is -3.00. The van der Waals surface area contributed by atoms with Gasteiger partial charge in [0.1, 0.15) is 47.7 Å². The average Bonchev–Trinajstić information content (AvgIpc) is 3.23. The summed E-state index contributed by atoms with van der Waals surface area (Å²) < 4.78 is 7.42. The van der Waals surface area contributed by atoms with E-state index >= 15 is 0 Å². The molecular formula is C17H23BrN6O5S. The third-order valence-corrected chi connectivity index (χ3v) is 6.91. The van der Waals surface area contributed by atoms with Gasteiger partial charge in [-0.1, -0.05) is 5.92 Å². The van der Waals surface area contributed by atoms with E-state index in [4.69, 9.17) is 27.7 Å². The second-order valence-electron chi connectivity index (χ2n) is 6.69. The Labute approximate surface area is 186 Å². The van der Waals surface area contributed by atoms with E-state index in [1.165, 1.54) is 17.2 Å². The molecule has 0 bridgehead atoms. The summed E-state index contributed by atoms with van der Waals surface area (Å²) in [6.07, 6.45) is 4.42. The van der Waals surface area contributed by atoms with Gasteiger partial charge >= 0.3 is 5.97 Å².